The third-order valence-corrected chi connectivity index (χ3v) is 3.11. The predicted molar refractivity (Wildman–Crippen MR) is 68.5 cm³/mol. The number of nitrogen functional groups attached to an aromatic ring is 1. The summed E-state index contributed by atoms with van der Waals surface area (Å²) in [6, 6.07) is 0. The molecule has 0 unspecified atom stereocenters. The summed E-state index contributed by atoms with van der Waals surface area (Å²) >= 11 is 0. The SMILES string of the molecule is CC(C)C(CNC(=O)c1[nH]ncc1N)C(C)C. The topological polar surface area (TPSA) is 83.8 Å². The van der Waals surface area contributed by atoms with Crippen molar-refractivity contribution in [2.45, 2.75) is 27.7 Å². The molecule has 0 aromatic carbocycles. The first-order valence-corrected chi connectivity index (χ1v) is 6.00. The Morgan fingerprint density at radius 1 is 1.41 bits per heavy atom. The summed E-state index contributed by atoms with van der Waals surface area (Å²) in [7, 11) is 0. The fourth-order valence-electron chi connectivity index (χ4n) is 2.02. The summed E-state index contributed by atoms with van der Waals surface area (Å²) in [6.45, 7) is 9.33. The van der Waals surface area contributed by atoms with Crippen LogP contribution in [0.2, 0.25) is 0 Å². The van der Waals surface area contributed by atoms with E-state index in [1.165, 1.54) is 6.20 Å². The highest BCUT2D eigenvalue weighted by Gasteiger charge is 2.19. The summed E-state index contributed by atoms with van der Waals surface area (Å²) in [6.07, 6.45) is 1.44. The van der Waals surface area contributed by atoms with E-state index in [1.807, 2.05) is 0 Å². The maximum absolute atomic E-state index is 11.8. The molecule has 96 valence electrons. The average molecular weight is 238 g/mol. The first kappa shape index (κ1) is 13.5. The van der Waals surface area contributed by atoms with E-state index in [1.54, 1.807) is 0 Å². The molecule has 1 amide bonds. The second kappa shape index (κ2) is 5.70. The lowest BCUT2D eigenvalue weighted by atomic mass is 9.85. The van der Waals surface area contributed by atoms with E-state index in [2.05, 4.69) is 43.2 Å². The number of nitrogens with zero attached hydrogens (tertiary/aromatic N) is 1. The van der Waals surface area contributed by atoms with Crippen molar-refractivity contribution in [2.75, 3.05) is 12.3 Å². The minimum atomic E-state index is -0.189. The quantitative estimate of drug-likeness (QED) is 0.729. The summed E-state index contributed by atoms with van der Waals surface area (Å²) in [5.41, 5.74) is 6.34. The highest BCUT2D eigenvalue weighted by Crippen LogP contribution is 2.19. The van der Waals surface area contributed by atoms with E-state index in [0.29, 0.717) is 35.7 Å². The first-order valence-electron chi connectivity index (χ1n) is 6.00. The molecule has 0 fully saturated rings. The molecule has 4 N–H and O–H groups in total. The molecule has 0 bridgehead atoms. The second-order valence-corrected chi connectivity index (χ2v) is 5.06. The van der Waals surface area contributed by atoms with E-state index in [0.717, 1.165) is 0 Å². The number of carbonyl (C=O) groups is 1. The summed E-state index contributed by atoms with van der Waals surface area (Å²) in [4.78, 5) is 11.8. The fourth-order valence-corrected chi connectivity index (χ4v) is 2.02. The van der Waals surface area contributed by atoms with Gasteiger partial charge in [-0.05, 0) is 17.8 Å². The van der Waals surface area contributed by atoms with Crippen LogP contribution in [0.15, 0.2) is 6.20 Å². The van der Waals surface area contributed by atoms with Crippen LogP contribution in [-0.2, 0) is 0 Å². The van der Waals surface area contributed by atoms with E-state index in [4.69, 9.17) is 5.73 Å². The van der Waals surface area contributed by atoms with Crippen LogP contribution < -0.4 is 11.1 Å². The van der Waals surface area contributed by atoms with Crippen molar-refractivity contribution in [3.63, 3.8) is 0 Å². The molecule has 0 aliphatic heterocycles. The molecule has 1 heterocycles. The highest BCUT2D eigenvalue weighted by atomic mass is 16.1. The monoisotopic (exact) mass is 238 g/mol. The molecule has 5 nitrogen and oxygen atoms in total. The van der Waals surface area contributed by atoms with Crippen LogP contribution in [0.5, 0.6) is 0 Å². The number of hydrogen-bond donors (Lipinski definition) is 3. The van der Waals surface area contributed by atoms with Crippen LogP contribution in [-0.4, -0.2) is 22.6 Å². The van der Waals surface area contributed by atoms with Gasteiger partial charge >= 0.3 is 0 Å². The van der Waals surface area contributed by atoms with E-state index in [9.17, 15) is 4.79 Å². The molecular weight excluding hydrogens is 216 g/mol. The van der Waals surface area contributed by atoms with Gasteiger partial charge in [-0.15, -0.1) is 0 Å². The van der Waals surface area contributed by atoms with Gasteiger partial charge in [0.25, 0.3) is 5.91 Å². The van der Waals surface area contributed by atoms with Crippen LogP contribution in [0, 0.1) is 17.8 Å². The van der Waals surface area contributed by atoms with Gasteiger partial charge in [0.1, 0.15) is 5.69 Å². The Morgan fingerprint density at radius 2 is 2.00 bits per heavy atom. The van der Waals surface area contributed by atoms with Crippen LogP contribution in [0.25, 0.3) is 0 Å². The van der Waals surface area contributed by atoms with Crippen molar-refractivity contribution in [3.8, 4) is 0 Å². The molecule has 0 aliphatic carbocycles. The minimum absolute atomic E-state index is 0.189. The van der Waals surface area contributed by atoms with Crippen LogP contribution >= 0.6 is 0 Å². The van der Waals surface area contributed by atoms with Crippen molar-refractivity contribution in [2.24, 2.45) is 17.8 Å². The Labute approximate surface area is 102 Å². The molecule has 0 aliphatic rings. The van der Waals surface area contributed by atoms with E-state index < -0.39 is 0 Å². The molecule has 0 saturated heterocycles. The summed E-state index contributed by atoms with van der Waals surface area (Å²) in [5, 5.41) is 9.23. The lowest BCUT2D eigenvalue weighted by Gasteiger charge is -2.24. The zero-order chi connectivity index (χ0) is 13.0. The zero-order valence-corrected chi connectivity index (χ0v) is 10.9. The Kier molecular flexibility index (Phi) is 4.54. The molecule has 1 aromatic heterocycles. The van der Waals surface area contributed by atoms with Crippen LogP contribution in [0.1, 0.15) is 38.2 Å². The zero-order valence-electron chi connectivity index (χ0n) is 10.9. The third kappa shape index (κ3) is 3.47. The lowest BCUT2D eigenvalue weighted by Crippen LogP contribution is -2.34. The Morgan fingerprint density at radius 3 is 2.41 bits per heavy atom. The van der Waals surface area contributed by atoms with Crippen molar-refractivity contribution in [1.29, 1.82) is 0 Å². The van der Waals surface area contributed by atoms with Crippen LogP contribution in [0.3, 0.4) is 0 Å². The van der Waals surface area contributed by atoms with Gasteiger partial charge in [-0.3, -0.25) is 9.89 Å². The number of hydrogen-bond acceptors (Lipinski definition) is 3. The molecule has 0 radical (unpaired) electrons. The molecular formula is C12H22N4O. The van der Waals surface area contributed by atoms with Gasteiger partial charge in [0.05, 0.1) is 11.9 Å². The van der Waals surface area contributed by atoms with Gasteiger partial charge < -0.3 is 11.1 Å². The average Bonchev–Trinajstić information content (AvgIpc) is 2.63. The van der Waals surface area contributed by atoms with Crippen molar-refractivity contribution >= 4 is 11.6 Å². The van der Waals surface area contributed by atoms with Gasteiger partial charge in [0.2, 0.25) is 0 Å². The number of aromatic nitrogens is 2. The van der Waals surface area contributed by atoms with Gasteiger partial charge in [0.15, 0.2) is 0 Å². The molecule has 0 spiro atoms. The standard InChI is InChI=1S/C12H22N4O/c1-7(2)9(8(3)4)5-14-12(17)11-10(13)6-15-16-11/h6-9H,5,13H2,1-4H3,(H,14,17)(H,15,16). The smallest absolute Gasteiger partial charge is 0.271 e. The number of carbonyl (C=O) groups excluding carboxylic acids is 1. The molecule has 17 heavy (non-hydrogen) atoms. The third-order valence-electron chi connectivity index (χ3n) is 3.11. The Balaban J connectivity index is 2.56. The fraction of sp³-hybridized carbons (Fsp3) is 0.667. The summed E-state index contributed by atoms with van der Waals surface area (Å²) in [5.74, 6) is 1.35. The van der Waals surface area contributed by atoms with Crippen molar-refractivity contribution in [3.05, 3.63) is 11.9 Å². The highest BCUT2D eigenvalue weighted by molar-refractivity contribution is 5.96. The number of nitrogens with two attached hydrogens (primary N) is 1. The van der Waals surface area contributed by atoms with Gasteiger partial charge in [0, 0.05) is 6.54 Å². The number of H-pyrrole nitrogens is 1. The van der Waals surface area contributed by atoms with Gasteiger partial charge in [-0.1, -0.05) is 27.7 Å². The molecule has 1 rings (SSSR count). The number of aromatic amines is 1. The molecule has 1 aromatic rings. The largest absolute Gasteiger partial charge is 0.396 e. The van der Waals surface area contributed by atoms with Crippen LogP contribution in [0.4, 0.5) is 5.69 Å². The number of anilines is 1. The number of amides is 1. The Bertz CT molecular complexity index is 362. The molecule has 5 heteroatoms. The van der Waals surface area contributed by atoms with E-state index >= 15 is 0 Å². The van der Waals surface area contributed by atoms with Crippen molar-refractivity contribution < 1.29 is 4.79 Å². The second-order valence-electron chi connectivity index (χ2n) is 5.06. The minimum Gasteiger partial charge on any atom is -0.396 e. The van der Waals surface area contributed by atoms with E-state index in [-0.39, 0.29) is 5.91 Å². The predicted octanol–water partition coefficient (Wildman–Crippen LogP) is 1.65. The van der Waals surface area contributed by atoms with Gasteiger partial charge in [-0.25, -0.2) is 0 Å². The molecule has 0 saturated carbocycles. The number of nitrogens with one attached hydrogen (secondary N) is 2. The van der Waals surface area contributed by atoms with Crippen molar-refractivity contribution in [1.82, 2.24) is 15.5 Å². The summed E-state index contributed by atoms with van der Waals surface area (Å²) < 4.78 is 0. The Hall–Kier alpha value is -1.52. The number of rotatable bonds is 5. The van der Waals surface area contributed by atoms with Gasteiger partial charge in [-0.2, -0.15) is 5.10 Å². The molecule has 0 atom stereocenters. The normalized spacial score (nSPS) is 11.5. The maximum atomic E-state index is 11.8. The first-order chi connectivity index (χ1) is 7.93. The maximum Gasteiger partial charge on any atom is 0.271 e. The lowest BCUT2D eigenvalue weighted by molar-refractivity contribution is 0.0933.